The van der Waals surface area contributed by atoms with Gasteiger partial charge in [0, 0.05) is 17.2 Å². The van der Waals surface area contributed by atoms with E-state index in [1.54, 1.807) is 12.1 Å². The highest BCUT2D eigenvalue weighted by Crippen LogP contribution is 2.40. The summed E-state index contributed by atoms with van der Waals surface area (Å²) in [7, 11) is -3.55. The van der Waals surface area contributed by atoms with E-state index in [1.807, 2.05) is 38.1 Å². The number of benzene rings is 2. The second kappa shape index (κ2) is 9.57. The molecular weight excluding hydrogens is 460 g/mol. The Labute approximate surface area is 196 Å². The molecule has 8 nitrogen and oxygen atoms in total. The first-order valence-electron chi connectivity index (χ1n) is 10.6. The summed E-state index contributed by atoms with van der Waals surface area (Å²) >= 11 is 1.42. The van der Waals surface area contributed by atoms with Crippen LogP contribution >= 0.6 is 11.3 Å². The Bertz CT molecular complexity index is 1310. The number of aliphatic hydroxyl groups excluding tert-OH is 1. The molecule has 0 fully saturated rings. The minimum absolute atomic E-state index is 0.0341. The number of aromatic nitrogens is 2. The van der Waals surface area contributed by atoms with Crippen LogP contribution in [0.5, 0.6) is 5.75 Å². The van der Waals surface area contributed by atoms with Gasteiger partial charge in [0.15, 0.2) is 0 Å². The summed E-state index contributed by atoms with van der Waals surface area (Å²) in [6.07, 6.45) is 1.33. The zero-order chi connectivity index (χ0) is 23.6. The third kappa shape index (κ3) is 5.07. The molecule has 1 unspecified atom stereocenters. The summed E-state index contributed by atoms with van der Waals surface area (Å²) in [6.45, 7) is 3.40. The maximum atomic E-state index is 12.1. The van der Waals surface area contributed by atoms with Crippen LogP contribution in [0, 0.1) is 11.3 Å². The van der Waals surface area contributed by atoms with E-state index in [0.717, 1.165) is 27.3 Å². The summed E-state index contributed by atoms with van der Waals surface area (Å²) in [4.78, 5) is 0. The van der Waals surface area contributed by atoms with Gasteiger partial charge in [-0.3, -0.25) is 0 Å². The summed E-state index contributed by atoms with van der Waals surface area (Å²) < 4.78 is 32.6. The number of aliphatic hydroxyl groups is 1. The van der Waals surface area contributed by atoms with Crippen molar-refractivity contribution in [3.63, 3.8) is 0 Å². The SMILES string of the molecule is CC(C)Oc1ccc(-c2nnc(-c3cccc4c3CCC4NS(=O)(=O)CCO)s2)cc1C#N. The fraction of sp³-hybridized carbons (Fsp3) is 0.348. The number of rotatable bonds is 8. The fourth-order valence-electron chi connectivity index (χ4n) is 3.93. The topological polar surface area (TPSA) is 125 Å². The first kappa shape index (κ1) is 23.3. The van der Waals surface area contributed by atoms with Crippen molar-refractivity contribution in [1.29, 1.82) is 5.26 Å². The molecule has 4 rings (SSSR count). The van der Waals surface area contributed by atoms with Gasteiger partial charge < -0.3 is 9.84 Å². The van der Waals surface area contributed by atoms with Gasteiger partial charge in [0.2, 0.25) is 10.0 Å². The molecular formula is C23H24N4O4S2. The molecule has 1 heterocycles. The molecule has 0 spiro atoms. The zero-order valence-electron chi connectivity index (χ0n) is 18.3. The Balaban J connectivity index is 1.63. The molecule has 0 amide bonds. The van der Waals surface area contributed by atoms with Gasteiger partial charge in [-0.1, -0.05) is 29.5 Å². The van der Waals surface area contributed by atoms with E-state index in [2.05, 4.69) is 21.0 Å². The monoisotopic (exact) mass is 484 g/mol. The lowest BCUT2D eigenvalue weighted by Crippen LogP contribution is -2.30. The van der Waals surface area contributed by atoms with E-state index in [1.165, 1.54) is 11.3 Å². The number of fused-ring (bicyclic) bond motifs is 1. The van der Waals surface area contributed by atoms with Crippen LogP contribution in [-0.2, 0) is 16.4 Å². The summed E-state index contributed by atoms with van der Waals surface area (Å²) in [6, 6.07) is 13.0. The summed E-state index contributed by atoms with van der Waals surface area (Å²) in [5, 5.41) is 28.6. The highest BCUT2D eigenvalue weighted by atomic mass is 32.2. The van der Waals surface area contributed by atoms with Crippen LogP contribution < -0.4 is 9.46 Å². The van der Waals surface area contributed by atoms with Crippen LogP contribution in [0.15, 0.2) is 36.4 Å². The van der Waals surface area contributed by atoms with Crippen molar-refractivity contribution in [3.05, 3.63) is 53.1 Å². The molecule has 2 aromatic carbocycles. The van der Waals surface area contributed by atoms with Crippen molar-refractivity contribution < 1.29 is 18.3 Å². The smallest absolute Gasteiger partial charge is 0.214 e. The Morgan fingerprint density at radius 3 is 2.79 bits per heavy atom. The largest absolute Gasteiger partial charge is 0.490 e. The van der Waals surface area contributed by atoms with Gasteiger partial charge in [-0.25, -0.2) is 13.1 Å². The van der Waals surface area contributed by atoms with Gasteiger partial charge in [-0.2, -0.15) is 5.26 Å². The van der Waals surface area contributed by atoms with Crippen LogP contribution in [0.3, 0.4) is 0 Å². The molecule has 0 radical (unpaired) electrons. The lowest BCUT2D eigenvalue weighted by Gasteiger charge is -2.14. The van der Waals surface area contributed by atoms with E-state index in [-0.39, 0.29) is 17.9 Å². The number of ether oxygens (including phenoxy) is 1. The van der Waals surface area contributed by atoms with Crippen LogP contribution in [0.1, 0.15) is 43.0 Å². The van der Waals surface area contributed by atoms with Crippen LogP contribution in [0.25, 0.3) is 21.1 Å². The lowest BCUT2D eigenvalue weighted by atomic mass is 10.0. The minimum Gasteiger partial charge on any atom is -0.490 e. The molecule has 172 valence electrons. The maximum Gasteiger partial charge on any atom is 0.214 e. The highest BCUT2D eigenvalue weighted by Gasteiger charge is 2.29. The van der Waals surface area contributed by atoms with Gasteiger partial charge in [0.1, 0.15) is 21.8 Å². The molecule has 1 atom stereocenters. The van der Waals surface area contributed by atoms with Crippen molar-refractivity contribution in [2.24, 2.45) is 0 Å². The molecule has 1 aromatic heterocycles. The first-order valence-corrected chi connectivity index (χ1v) is 13.1. The van der Waals surface area contributed by atoms with Crippen LogP contribution in [-0.4, -0.2) is 42.2 Å². The van der Waals surface area contributed by atoms with Gasteiger partial charge in [-0.05, 0) is 56.0 Å². The number of hydrogen-bond acceptors (Lipinski definition) is 8. The normalized spacial score (nSPS) is 15.4. The van der Waals surface area contributed by atoms with Crippen molar-refractivity contribution >= 4 is 21.4 Å². The Morgan fingerprint density at radius 1 is 1.27 bits per heavy atom. The van der Waals surface area contributed by atoms with Crippen molar-refractivity contribution in [2.75, 3.05) is 12.4 Å². The molecule has 0 saturated carbocycles. The van der Waals surface area contributed by atoms with Crippen LogP contribution in [0.2, 0.25) is 0 Å². The molecule has 0 bridgehead atoms. The van der Waals surface area contributed by atoms with Crippen molar-refractivity contribution in [2.45, 2.75) is 38.8 Å². The van der Waals surface area contributed by atoms with E-state index in [4.69, 9.17) is 9.84 Å². The number of nitriles is 1. The number of hydrogen-bond donors (Lipinski definition) is 2. The third-order valence-corrected chi connectivity index (χ3v) is 7.69. The fourth-order valence-corrected chi connectivity index (χ4v) is 5.86. The predicted octanol–water partition coefficient (Wildman–Crippen LogP) is 3.43. The lowest BCUT2D eigenvalue weighted by molar-refractivity contribution is 0.242. The van der Waals surface area contributed by atoms with Crippen molar-refractivity contribution in [3.8, 4) is 33.0 Å². The van der Waals surface area contributed by atoms with E-state index < -0.39 is 16.6 Å². The number of sulfonamides is 1. The average Bonchev–Trinajstić information content (AvgIpc) is 3.41. The summed E-state index contributed by atoms with van der Waals surface area (Å²) in [5.41, 5.74) is 4.13. The van der Waals surface area contributed by atoms with Gasteiger partial charge in [0.05, 0.1) is 24.0 Å². The Kier molecular flexibility index (Phi) is 6.76. The third-order valence-electron chi connectivity index (χ3n) is 5.32. The molecule has 0 aliphatic heterocycles. The zero-order valence-corrected chi connectivity index (χ0v) is 19.9. The quantitative estimate of drug-likeness (QED) is 0.502. The molecule has 3 aromatic rings. The number of nitrogens with zero attached hydrogens (tertiary/aromatic N) is 3. The Hall–Kier alpha value is -2.84. The molecule has 0 saturated heterocycles. The van der Waals surface area contributed by atoms with Gasteiger partial charge in [0.25, 0.3) is 0 Å². The highest BCUT2D eigenvalue weighted by molar-refractivity contribution is 7.89. The second-order valence-corrected chi connectivity index (χ2v) is 10.9. The van der Waals surface area contributed by atoms with Crippen molar-refractivity contribution in [1.82, 2.24) is 14.9 Å². The first-order chi connectivity index (χ1) is 15.8. The molecule has 1 aliphatic carbocycles. The minimum atomic E-state index is -3.55. The second-order valence-electron chi connectivity index (χ2n) is 8.03. The van der Waals surface area contributed by atoms with E-state index >= 15 is 0 Å². The Morgan fingerprint density at radius 2 is 2.06 bits per heavy atom. The molecule has 10 heteroatoms. The molecule has 1 aliphatic rings. The van der Waals surface area contributed by atoms with E-state index in [0.29, 0.717) is 29.2 Å². The van der Waals surface area contributed by atoms with Gasteiger partial charge >= 0.3 is 0 Å². The van der Waals surface area contributed by atoms with Gasteiger partial charge in [-0.15, -0.1) is 10.2 Å². The molecule has 33 heavy (non-hydrogen) atoms. The maximum absolute atomic E-state index is 12.1. The number of nitrogens with one attached hydrogen (secondary N) is 1. The predicted molar refractivity (Wildman–Crippen MR) is 126 cm³/mol. The standard InChI is InChI=1S/C23H24N4O4S2/c1-14(2)31-21-9-6-15(12-16(21)13-24)22-25-26-23(32-22)19-5-3-4-18-17(19)7-8-20(18)27-33(29,30)11-10-28/h3-6,9,12,14,20,27-28H,7-8,10-11H2,1-2H3. The van der Waals surface area contributed by atoms with E-state index in [9.17, 15) is 13.7 Å². The van der Waals surface area contributed by atoms with Crippen LogP contribution in [0.4, 0.5) is 0 Å². The average molecular weight is 485 g/mol. The molecule has 2 N–H and O–H groups in total. The summed E-state index contributed by atoms with van der Waals surface area (Å²) in [5.74, 6) is 0.223.